The van der Waals surface area contributed by atoms with Gasteiger partial charge in [-0.05, 0) is 24.6 Å². The highest BCUT2D eigenvalue weighted by Crippen LogP contribution is 2.23. The smallest absolute Gasteiger partial charge is 0.123 e. The highest BCUT2D eigenvalue weighted by atomic mass is 35.5. The Morgan fingerprint density at radius 1 is 1.26 bits per heavy atom. The maximum atomic E-state index is 8.77. The van der Waals surface area contributed by atoms with Gasteiger partial charge >= 0.3 is 0 Å². The van der Waals surface area contributed by atoms with Crippen molar-refractivity contribution in [3.8, 4) is 5.75 Å². The van der Waals surface area contributed by atoms with Gasteiger partial charge in [0.05, 0.1) is 13.2 Å². The number of halogens is 1. The zero-order chi connectivity index (χ0) is 13.9. The quantitative estimate of drug-likeness (QED) is 0.648. The van der Waals surface area contributed by atoms with Crippen molar-refractivity contribution in [1.82, 2.24) is 5.32 Å². The van der Waals surface area contributed by atoms with Gasteiger partial charge in [-0.1, -0.05) is 37.8 Å². The van der Waals surface area contributed by atoms with Crippen LogP contribution in [0.5, 0.6) is 5.75 Å². The van der Waals surface area contributed by atoms with Crippen molar-refractivity contribution < 1.29 is 9.84 Å². The Hall–Kier alpha value is -0.770. The number of nitrogens with one attached hydrogen (secondary N) is 1. The number of unbranched alkanes of at least 4 members (excludes halogenated alkanes) is 3. The molecule has 0 aliphatic rings. The maximum Gasteiger partial charge on any atom is 0.123 e. The van der Waals surface area contributed by atoms with E-state index >= 15 is 0 Å². The Morgan fingerprint density at radius 2 is 2.11 bits per heavy atom. The van der Waals surface area contributed by atoms with E-state index in [1.54, 1.807) is 0 Å². The summed E-state index contributed by atoms with van der Waals surface area (Å²) < 4.78 is 5.81. The fourth-order valence-corrected chi connectivity index (χ4v) is 2.03. The molecule has 0 aromatic heterocycles. The molecule has 1 aromatic carbocycles. The minimum atomic E-state index is 0.133. The van der Waals surface area contributed by atoms with Crippen molar-refractivity contribution in [2.24, 2.45) is 0 Å². The fraction of sp³-hybridized carbons (Fsp3) is 0.600. The molecule has 19 heavy (non-hydrogen) atoms. The number of rotatable bonds is 10. The second kappa shape index (κ2) is 10.1. The summed E-state index contributed by atoms with van der Waals surface area (Å²) in [6.45, 7) is 4.31. The second-order valence-electron chi connectivity index (χ2n) is 4.56. The summed E-state index contributed by atoms with van der Waals surface area (Å²) in [6.07, 6.45) is 4.79. The van der Waals surface area contributed by atoms with Crippen LogP contribution in [0.1, 0.15) is 38.2 Å². The van der Waals surface area contributed by atoms with Crippen molar-refractivity contribution in [2.45, 2.75) is 39.2 Å². The molecular weight excluding hydrogens is 262 g/mol. The van der Waals surface area contributed by atoms with Gasteiger partial charge in [-0.15, -0.1) is 0 Å². The first kappa shape index (κ1) is 16.3. The molecule has 2 N–H and O–H groups in total. The number of ether oxygens (including phenoxy) is 1. The topological polar surface area (TPSA) is 41.5 Å². The number of hydrogen-bond donors (Lipinski definition) is 2. The van der Waals surface area contributed by atoms with Crippen molar-refractivity contribution in [3.05, 3.63) is 28.8 Å². The number of hydrogen-bond acceptors (Lipinski definition) is 3. The van der Waals surface area contributed by atoms with Crippen molar-refractivity contribution in [1.29, 1.82) is 0 Å². The molecule has 108 valence electrons. The minimum absolute atomic E-state index is 0.133. The van der Waals surface area contributed by atoms with E-state index in [1.165, 1.54) is 19.3 Å². The van der Waals surface area contributed by atoms with E-state index in [1.807, 2.05) is 18.2 Å². The third-order valence-corrected chi connectivity index (χ3v) is 3.12. The number of aliphatic hydroxyl groups excluding tert-OH is 1. The summed E-state index contributed by atoms with van der Waals surface area (Å²) in [6, 6.07) is 5.67. The van der Waals surface area contributed by atoms with Crippen LogP contribution in [0.3, 0.4) is 0 Å². The molecule has 0 saturated carbocycles. The SMILES string of the molecule is CCCCCCOc1ccc(Cl)cc1CNCCO. The van der Waals surface area contributed by atoms with E-state index < -0.39 is 0 Å². The predicted molar refractivity (Wildman–Crippen MR) is 79.9 cm³/mol. The van der Waals surface area contributed by atoms with Crippen molar-refractivity contribution in [2.75, 3.05) is 19.8 Å². The molecule has 0 saturated heterocycles. The number of benzene rings is 1. The third-order valence-electron chi connectivity index (χ3n) is 2.88. The molecule has 1 aromatic rings. The summed E-state index contributed by atoms with van der Waals surface area (Å²) in [7, 11) is 0. The average molecular weight is 286 g/mol. The average Bonchev–Trinajstić information content (AvgIpc) is 2.41. The molecule has 0 atom stereocenters. The van der Waals surface area contributed by atoms with Crippen LogP contribution in [0.4, 0.5) is 0 Å². The first-order valence-electron chi connectivity index (χ1n) is 7.00. The summed E-state index contributed by atoms with van der Waals surface area (Å²) >= 11 is 6.00. The molecule has 0 spiro atoms. The molecule has 3 nitrogen and oxygen atoms in total. The molecule has 0 aliphatic heterocycles. The van der Waals surface area contributed by atoms with E-state index in [0.717, 1.165) is 24.3 Å². The van der Waals surface area contributed by atoms with E-state index in [4.69, 9.17) is 21.4 Å². The Bertz CT molecular complexity index is 358. The van der Waals surface area contributed by atoms with Crippen LogP contribution in [0.25, 0.3) is 0 Å². The monoisotopic (exact) mass is 285 g/mol. The molecule has 1 rings (SSSR count). The number of aliphatic hydroxyl groups is 1. The fourth-order valence-electron chi connectivity index (χ4n) is 1.84. The van der Waals surface area contributed by atoms with Gasteiger partial charge in [0, 0.05) is 23.7 Å². The normalized spacial score (nSPS) is 10.7. The molecule has 0 amide bonds. The van der Waals surface area contributed by atoms with Crippen LogP contribution in [-0.2, 0) is 6.54 Å². The molecule has 0 heterocycles. The van der Waals surface area contributed by atoms with Crippen LogP contribution in [0, 0.1) is 0 Å². The van der Waals surface area contributed by atoms with Gasteiger partial charge in [-0.2, -0.15) is 0 Å². The van der Waals surface area contributed by atoms with Gasteiger partial charge in [0.2, 0.25) is 0 Å². The summed E-state index contributed by atoms with van der Waals surface area (Å²) in [4.78, 5) is 0. The van der Waals surface area contributed by atoms with Gasteiger partial charge < -0.3 is 15.2 Å². The van der Waals surface area contributed by atoms with E-state index in [-0.39, 0.29) is 6.61 Å². The summed E-state index contributed by atoms with van der Waals surface area (Å²) in [5.74, 6) is 0.881. The maximum absolute atomic E-state index is 8.77. The van der Waals surface area contributed by atoms with Gasteiger partial charge in [0.1, 0.15) is 5.75 Å². The van der Waals surface area contributed by atoms with E-state index in [9.17, 15) is 0 Å². The zero-order valence-corrected chi connectivity index (χ0v) is 12.4. The van der Waals surface area contributed by atoms with E-state index in [0.29, 0.717) is 18.1 Å². The van der Waals surface area contributed by atoms with Crippen LogP contribution in [0.2, 0.25) is 5.02 Å². The molecule has 0 fully saturated rings. The molecular formula is C15H24ClNO2. The lowest BCUT2D eigenvalue weighted by atomic mass is 10.2. The van der Waals surface area contributed by atoms with Crippen molar-refractivity contribution in [3.63, 3.8) is 0 Å². The molecule has 0 bridgehead atoms. The highest BCUT2D eigenvalue weighted by molar-refractivity contribution is 6.30. The molecule has 0 unspecified atom stereocenters. The van der Waals surface area contributed by atoms with Gasteiger partial charge in [-0.25, -0.2) is 0 Å². The summed E-state index contributed by atoms with van der Waals surface area (Å²) in [5.41, 5.74) is 1.04. The third kappa shape index (κ3) is 6.81. The first-order valence-corrected chi connectivity index (χ1v) is 7.38. The standard InChI is InChI=1S/C15H24ClNO2/c1-2-3-4-5-10-19-15-7-6-14(16)11-13(15)12-17-8-9-18/h6-7,11,17-18H,2-5,8-10,12H2,1H3. The Morgan fingerprint density at radius 3 is 2.84 bits per heavy atom. The Balaban J connectivity index is 2.45. The van der Waals surface area contributed by atoms with Gasteiger partial charge in [-0.3, -0.25) is 0 Å². The first-order chi connectivity index (χ1) is 9.27. The lowest BCUT2D eigenvalue weighted by Gasteiger charge is -2.12. The van der Waals surface area contributed by atoms with E-state index in [2.05, 4.69) is 12.2 Å². The summed E-state index contributed by atoms with van der Waals surface area (Å²) in [5, 5.41) is 12.6. The van der Waals surface area contributed by atoms with Crippen LogP contribution >= 0.6 is 11.6 Å². The lowest BCUT2D eigenvalue weighted by Crippen LogP contribution is -2.18. The molecule has 4 heteroatoms. The zero-order valence-electron chi connectivity index (χ0n) is 11.6. The highest BCUT2D eigenvalue weighted by Gasteiger charge is 2.04. The second-order valence-corrected chi connectivity index (χ2v) is 5.00. The van der Waals surface area contributed by atoms with Crippen LogP contribution in [-0.4, -0.2) is 24.9 Å². The van der Waals surface area contributed by atoms with Crippen molar-refractivity contribution >= 4 is 11.6 Å². The van der Waals surface area contributed by atoms with Gasteiger partial charge in [0.25, 0.3) is 0 Å². The van der Waals surface area contributed by atoms with Crippen LogP contribution < -0.4 is 10.1 Å². The Kier molecular flexibility index (Phi) is 8.63. The van der Waals surface area contributed by atoms with Gasteiger partial charge in [0.15, 0.2) is 0 Å². The van der Waals surface area contributed by atoms with Crippen LogP contribution in [0.15, 0.2) is 18.2 Å². The minimum Gasteiger partial charge on any atom is -0.493 e. The predicted octanol–water partition coefficient (Wildman–Crippen LogP) is 3.38. The lowest BCUT2D eigenvalue weighted by molar-refractivity contribution is 0.288. The molecule has 0 radical (unpaired) electrons. The Labute approximate surface area is 120 Å². The molecule has 0 aliphatic carbocycles. The largest absolute Gasteiger partial charge is 0.493 e.